The van der Waals surface area contributed by atoms with Crippen LogP contribution in [-0.4, -0.2) is 19.2 Å². The molecule has 3 atom stereocenters. The van der Waals surface area contributed by atoms with Gasteiger partial charge >= 0.3 is 0 Å². The van der Waals surface area contributed by atoms with Crippen molar-refractivity contribution in [1.29, 1.82) is 0 Å². The van der Waals surface area contributed by atoms with E-state index in [1.54, 1.807) is 12.1 Å². The number of methoxy groups -OCH3 is 1. The minimum absolute atomic E-state index is 0.111. The van der Waals surface area contributed by atoms with Crippen LogP contribution in [-0.2, 0) is 0 Å². The molecular formula is C16H25FN2O. The zero-order chi connectivity index (χ0) is 14.8. The summed E-state index contributed by atoms with van der Waals surface area (Å²) in [6.07, 6.45) is 3.47. The van der Waals surface area contributed by atoms with E-state index >= 15 is 0 Å². The zero-order valence-electron chi connectivity index (χ0n) is 12.6. The first-order chi connectivity index (χ1) is 9.52. The summed E-state index contributed by atoms with van der Waals surface area (Å²) in [5.74, 6) is 1.04. The molecule has 20 heavy (non-hydrogen) atoms. The second-order valence-corrected chi connectivity index (χ2v) is 5.99. The third kappa shape index (κ3) is 2.75. The van der Waals surface area contributed by atoms with E-state index in [0.717, 1.165) is 12.1 Å². The minimum atomic E-state index is -0.343. The molecule has 3 unspecified atom stereocenters. The monoisotopic (exact) mass is 280 g/mol. The number of rotatable bonds is 4. The maximum atomic E-state index is 13.5. The Kier molecular flexibility index (Phi) is 4.53. The highest BCUT2D eigenvalue weighted by Crippen LogP contribution is 2.39. The zero-order valence-corrected chi connectivity index (χ0v) is 12.6. The Morgan fingerprint density at radius 1 is 1.45 bits per heavy atom. The standard InChI is InChI=1S/C16H25FN2O/c1-11-5-4-8-16(10-18,12(11)2)19-13-6-7-14(17)15(9-13)20-3/h6-7,9,11-12,19H,4-5,8,10,18H2,1-3H3. The van der Waals surface area contributed by atoms with Crippen LogP contribution in [0.2, 0.25) is 0 Å². The fourth-order valence-corrected chi connectivity index (χ4v) is 3.30. The molecule has 1 aromatic rings. The van der Waals surface area contributed by atoms with Gasteiger partial charge in [-0.1, -0.05) is 26.7 Å². The van der Waals surface area contributed by atoms with Crippen molar-refractivity contribution in [2.75, 3.05) is 19.0 Å². The summed E-state index contributed by atoms with van der Waals surface area (Å²) in [6, 6.07) is 4.89. The lowest BCUT2D eigenvalue weighted by Gasteiger charge is -2.46. The Morgan fingerprint density at radius 2 is 2.20 bits per heavy atom. The first kappa shape index (κ1) is 15.1. The number of anilines is 1. The van der Waals surface area contributed by atoms with E-state index in [4.69, 9.17) is 10.5 Å². The topological polar surface area (TPSA) is 47.3 Å². The van der Waals surface area contributed by atoms with Crippen molar-refractivity contribution >= 4 is 5.69 Å². The number of benzene rings is 1. The molecule has 3 nitrogen and oxygen atoms in total. The summed E-state index contributed by atoms with van der Waals surface area (Å²) >= 11 is 0. The molecule has 0 bridgehead atoms. The fourth-order valence-electron chi connectivity index (χ4n) is 3.30. The van der Waals surface area contributed by atoms with Crippen molar-refractivity contribution < 1.29 is 9.13 Å². The van der Waals surface area contributed by atoms with Crippen LogP contribution < -0.4 is 15.8 Å². The molecule has 0 heterocycles. The lowest BCUT2D eigenvalue weighted by molar-refractivity contribution is 0.168. The lowest BCUT2D eigenvalue weighted by Crippen LogP contribution is -2.54. The van der Waals surface area contributed by atoms with E-state index in [-0.39, 0.29) is 17.1 Å². The summed E-state index contributed by atoms with van der Waals surface area (Å²) < 4.78 is 18.5. The van der Waals surface area contributed by atoms with Gasteiger partial charge in [-0.2, -0.15) is 0 Å². The van der Waals surface area contributed by atoms with Crippen LogP contribution in [0.4, 0.5) is 10.1 Å². The normalized spacial score (nSPS) is 30.1. The largest absolute Gasteiger partial charge is 0.494 e. The first-order valence-electron chi connectivity index (χ1n) is 7.34. The molecule has 0 radical (unpaired) electrons. The number of halogens is 1. The Labute approximate surface area is 120 Å². The molecule has 4 heteroatoms. The predicted octanol–water partition coefficient (Wildman–Crippen LogP) is 3.40. The van der Waals surface area contributed by atoms with Crippen molar-refractivity contribution in [1.82, 2.24) is 0 Å². The maximum absolute atomic E-state index is 13.5. The first-order valence-corrected chi connectivity index (χ1v) is 7.34. The van der Waals surface area contributed by atoms with Gasteiger partial charge in [0.1, 0.15) is 0 Å². The van der Waals surface area contributed by atoms with Gasteiger partial charge in [-0.25, -0.2) is 4.39 Å². The van der Waals surface area contributed by atoms with E-state index < -0.39 is 0 Å². The van der Waals surface area contributed by atoms with Crippen molar-refractivity contribution in [3.8, 4) is 5.75 Å². The Bertz CT molecular complexity index is 466. The average Bonchev–Trinajstić information content (AvgIpc) is 2.46. The molecule has 0 aliphatic heterocycles. The predicted molar refractivity (Wildman–Crippen MR) is 80.5 cm³/mol. The highest BCUT2D eigenvalue weighted by Gasteiger charge is 2.40. The SMILES string of the molecule is COc1cc(NC2(CN)CCCC(C)C2C)ccc1F. The molecule has 1 fully saturated rings. The second kappa shape index (κ2) is 6.00. The summed E-state index contributed by atoms with van der Waals surface area (Å²) in [7, 11) is 1.48. The van der Waals surface area contributed by atoms with Crippen molar-refractivity contribution in [2.24, 2.45) is 17.6 Å². The van der Waals surface area contributed by atoms with E-state index in [0.29, 0.717) is 18.4 Å². The molecule has 1 aliphatic carbocycles. The van der Waals surface area contributed by atoms with Gasteiger partial charge in [-0.05, 0) is 30.4 Å². The van der Waals surface area contributed by atoms with Crippen LogP contribution in [0, 0.1) is 17.7 Å². The summed E-state index contributed by atoms with van der Waals surface area (Å²) in [4.78, 5) is 0. The van der Waals surface area contributed by atoms with E-state index in [1.165, 1.54) is 26.0 Å². The highest BCUT2D eigenvalue weighted by molar-refractivity contribution is 5.51. The molecule has 0 saturated heterocycles. The molecule has 3 N–H and O–H groups in total. The van der Waals surface area contributed by atoms with E-state index in [1.807, 2.05) is 0 Å². The fraction of sp³-hybridized carbons (Fsp3) is 0.625. The third-order valence-corrected chi connectivity index (χ3v) is 4.92. The van der Waals surface area contributed by atoms with Gasteiger partial charge < -0.3 is 15.8 Å². The Morgan fingerprint density at radius 3 is 2.85 bits per heavy atom. The van der Waals surface area contributed by atoms with Crippen molar-refractivity contribution in [2.45, 2.75) is 38.6 Å². The van der Waals surface area contributed by atoms with Gasteiger partial charge in [0.15, 0.2) is 11.6 Å². The Hall–Kier alpha value is -1.29. The number of hydrogen-bond donors (Lipinski definition) is 2. The molecule has 2 rings (SSSR count). The molecular weight excluding hydrogens is 255 g/mol. The van der Waals surface area contributed by atoms with Gasteiger partial charge in [0.2, 0.25) is 0 Å². The molecule has 1 saturated carbocycles. The van der Waals surface area contributed by atoms with Crippen LogP contribution in [0.3, 0.4) is 0 Å². The quantitative estimate of drug-likeness (QED) is 0.888. The van der Waals surface area contributed by atoms with Crippen LogP contribution in [0.5, 0.6) is 5.75 Å². The smallest absolute Gasteiger partial charge is 0.165 e. The highest BCUT2D eigenvalue weighted by atomic mass is 19.1. The van der Waals surface area contributed by atoms with Crippen LogP contribution in [0.1, 0.15) is 33.1 Å². The molecule has 1 aliphatic rings. The number of ether oxygens (including phenoxy) is 1. The van der Waals surface area contributed by atoms with Gasteiger partial charge in [0.25, 0.3) is 0 Å². The van der Waals surface area contributed by atoms with Crippen molar-refractivity contribution in [3.05, 3.63) is 24.0 Å². The summed E-state index contributed by atoms with van der Waals surface area (Å²) in [5, 5.41) is 3.55. The van der Waals surface area contributed by atoms with Crippen molar-refractivity contribution in [3.63, 3.8) is 0 Å². The van der Waals surface area contributed by atoms with Gasteiger partial charge in [-0.15, -0.1) is 0 Å². The average molecular weight is 280 g/mol. The van der Waals surface area contributed by atoms with Gasteiger partial charge in [0, 0.05) is 18.3 Å². The van der Waals surface area contributed by atoms with Gasteiger partial charge in [0.05, 0.1) is 12.6 Å². The van der Waals surface area contributed by atoms with Crippen LogP contribution in [0.25, 0.3) is 0 Å². The minimum Gasteiger partial charge on any atom is -0.494 e. The number of nitrogens with two attached hydrogens (primary N) is 1. The van der Waals surface area contributed by atoms with E-state index in [9.17, 15) is 4.39 Å². The second-order valence-electron chi connectivity index (χ2n) is 5.99. The summed E-state index contributed by atoms with van der Waals surface area (Å²) in [5.41, 5.74) is 6.83. The lowest BCUT2D eigenvalue weighted by atomic mass is 9.68. The molecule has 0 spiro atoms. The molecule has 112 valence electrons. The van der Waals surface area contributed by atoms with E-state index in [2.05, 4.69) is 19.2 Å². The number of nitrogens with one attached hydrogen (secondary N) is 1. The number of hydrogen-bond acceptors (Lipinski definition) is 3. The van der Waals surface area contributed by atoms with Crippen LogP contribution in [0.15, 0.2) is 18.2 Å². The molecule has 0 amide bonds. The molecule has 0 aromatic heterocycles. The summed E-state index contributed by atoms with van der Waals surface area (Å²) in [6.45, 7) is 5.11. The molecule has 1 aromatic carbocycles. The third-order valence-electron chi connectivity index (χ3n) is 4.92. The van der Waals surface area contributed by atoms with Gasteiger partial charge in [-0.3, -0.25) is 0 Å². The van der Waals surface area contributed by atoms with Crippen LogP contribution >= 0.6 is 0 Å². The Balaban J connectivity index is 2.25. The maximum Gasteiger partial charge on any atom is 0.165 e.